The molecule has 214 valence electrons. The number of carbonyl (C=O) groups excluding carboxylic acids is 1. The van der Waals surface area contributed by atoms with E-state index in [4.69, 9.17) is 16.1 Å². The molecule has 1 atom stereocenters. The number of rotatable bonds is 7. The fourth-order valence-corrected chi connectivity index (χ4v) is 6.23. The number of alkyl halides is 3. The van der Waals surface area contributed by atoms with E-state index >= 15 is 0 Å². The van der Waals surface area contributed by atoms with E-state index in [-0.39, 0.29) is 29.1 Å². The minimum absolute atomic E-state index is 0.0252. The predicted molar refractivity (Wildman–Crippen MR) is 145 cm³/mol. The molecule has 13 heteroatoms. The molecule has 1 aliphatic rings. The molecule has 1 N–H and O–H groups in total. The third-order valence-electron chi connectivity index (χ3n) is 6.71. The van der Waals surface area contributed by atoms with Gasteiger partial charge in [0.05, 0.1) is 10.5 Å². The van der Waals surface area contributed by atoms with Gasteiger partial charge in [-0.25, -0.2) is 8.42 Å². The fraction of sp³-hybridized carbons (Fsp3) is 0.250. The molecule has 1 fully saturated rings. The number of hydrogen-bond acceptors (Lipinski definition) is 6. The van der Waals surface area contributed by atoms with E-state index in [0.717, 1.165) is 18.6 Å². The van der Waals surface area contributed by atoms with E-state index in [1.165, 1.54) is 40.7 Å². The van der Waals surface area contributed by atoms with E-state index in [1.54, 1.807) is 24.3 Å². The van der Waals surface area contributed by atoms with E-state index < -0.39 is 27.8 Å². The average molecular weight is 605 g/mol. The summed E-state index contributed by atoms with van der Waals surface area (Å²) in [6, 6.07) is 16.0. The van der Waals surface area contributed by atoms with Gasteiger partial charge in [-0.2, -0.15) is 22.5 Å². The molecule has 5 rings (SSSR count). The van der Waals surface area contributed by atoms with Crippen molar-refractivity contribution < 1.29 is 30.9 Å². The van der Waals surface area contributed by atoms with Crippen molar-refractivity contribution in [3.05, 3.63) is 88.9 Å². The summed E-state index contributed by atoms with van der Waals surface area (Å²) in [5.41, 5.74) is 0.716. The number of aromatic nitrogens is 2. The van der Waals surface area contributed by atoms with Crippen molar-refractivity contribution in [2.45, 2.75) is 42.9 Å². The molecule has 0 radical (unpaired) electrons. The van der Waals surface area contributed by atoms with Gasteiger partial charge in [0.15, 0.2) is 0 Å². The van der Waals surface area contributed by atoms with Crippen LogP contribution in [0.1, 0.15) is 30.4 Å². The molecule has 0 spiro atoms. The summed E-state index contributed by atoms with van der Waals surface area (Å²) in [4.78, 5) is 17.2. The summed E-state index contributed by atoms with van der Waals surface area (Å²) >= 11 is 5.96. The van der Waals surface area contributed by atoms with Gasteiger partial charge >= 0.3 is 6.18 Å². The molecule has 8 nitrogen and oxygen atoms in total. The first kappa shape index (κ1) is 28.8. The molecule has 1 unspecified atom stereocenters. The predicted octanol–water partition coefficient (Wildman–Crippen LogP) is 5.94. The molecular formula is C28H24ClF3N4O4S. The van der Waals surface area contributed by atoms with Gasteiger partial charge in [0.2, 0.25) is 21.8 Å². The van der Waals surface area contributed by atoms with Gasteiger partial charge in [-0.3, -0.25) is 4.79 Å². The quantitative estimate of drug-likeness (QED) is 0.280. The van der Waals surface area contributed by atoms with Crippen LogP contribution in [0.5, 0.6) is 0 Å². The van der Waals surface area contributed by atoms with Crippen molar-refractivity contribution >= 4 is 27.5 Å². The second-order valence-corrected chi connectivity index (χ2v) is 11.8. The standard InChI is InChI=1S/C28H24ClF3N4O4S/c29-22-12-14-23(15-13-22)41(38,39)36(24-3-1-2-16-33-26(24)37)17-18-4-6-20(7-5-18)27-34-25(35-40-27)19-8-10-21(11-9-19)28(30,31)32/h4-15,24H,1-3,16-17H2,(H,33,37). The van der Waals surface area contributed by atoms with Crippen LogP contribution in [-0.2, 0) is 27.5 Å². The molecule has 1 aromatic heterocycles. The Bertz CT molecular complexity index is 1620. The summed E-state index contributed by atoms with van der Waals surface area (Å²) < 4.78 is 72.5. The highest BCUT2D eigenvalue weighted by Gasteiger charge is 2.36. The van der Waals surface area contributed by atoms with Gasteiger partial charge in [0, 0.05) is 29.2 Å². The second-order valence-electron chi connectivity index (χ2n) is 9.50. The monoisotopic (exact) mass is 604 g/mol. The number of hydrogen-bond donors (Lipinski definition) is 1. The largest absolute Gasteiger partial charge is 0.416 e. The lowest BCUT2D eigenvalue weighted by atomic mass is 10.1. The first-order valence-electron chi connectivity index (χ1n) is 12.7. The molecule has 0 aliphatic carbocycles. The van der Waals surface area contributed by atoms with E-state index in [2.05, 4.69) is 15.5 Å². The Morgan fingerprint density at radius 2 is 1.61 bits per heavy atom. The summed E-state index contributed by atoms with van der Waals surface area (Å²) in [7, 11) is -4.06. The van der Waals surface area contributed by atoms with Crippen LogP contribution in [0.3, 0.4) is 0 Å². The normalized spacial score (nSPS) is 16.4. The SMILES string of the molecule is O=C1NCCCCC1N(Cc1ccc(-c2nc(-c3ccc(C(F)(F)F)cc3)no2)cc1)S(=O)(=O)c1ccc(Cl)cc1. The Balaban J connectivity index is 1.39. The summed E-state index contributed by atoms with van der Waals surface area (Å²) in [6.45, 7) is 0.418. The molecule has 1 saturated heterocycles. The first-order valence-corrected chi connectivity index (χ1v) is 14.5. The number of carbonyl (C=O) groups is 1. The van der Waals surface area contributed by atoms with Crippen LogP contribution in [0, 0.1) is 0 Å². The lowest BCUT2D eigenvalue weighted by molar-refractivity contribution is -0.137. The molecule has 0 saturated carbocycles. The zero-order valence-electron chi connectivity index (χ0n) is 21.4. The van der Waals surface area contributed by atoms with Gasteiger partial charge in [0.1, 0.15) is 6.04 Å². The molecule has 1 aliphatic heterocycles. The maximum Gasteiger partial charge on any atom is 0.416 e. The third kappa shape index (κ3) is 6.45. The highest BCUT2D eigenvalue weighted by atomic mass is 35.5. The minimum Gasteiger partial charge on any atom is -0.355 e. The summed E-state index contributed by atoms with van der Waals surface area (Å²) in [6.07, 6.45) is -2.63. The fourth-order valence-electron chi connectivity index (χ4n) is 4.50. The first-order chi connectivity index (χ1) is 19.5. The molecule has 4 aromatic rings. The molecule has 41 heavy (non-hydrogen) atoms. The van der Waals surface area contributed by atoms with E-state index in [9.17, 15) is 26.4 Å². The van der Waals surface area contributed by atoms with Gasteiger partial charge < -0.3 is 9.84 Å². The van der Waals surface area contributed by atoms with E-state index in [1.807, 2.05) is 0 Å². The van der Waals surface area contributed by atoms with Crippen molar-refractivity contribution in [3.63, 3.8) is 0 Å². The van der Waals surface area contributed by atoms with Crippen molar-refractivity contribution in [2.24, 2.45) is 0 Å². The van der Waals surface area contributed by atoms with Gasteiger partial charge in [-0.1, -0.05) is 41.0 Å². The highest BCUT2D eigenvalue weighted by molar-refractivity contribution is 7.89. The smallest absolute Gasteiger partial charge is 0.355 e. The number of nitrogens with zero attached hydrogens (tertiary/aromatic N) is 3. The topological polar surface area (TPSA) is 105 Å². The highest BCUT2D eigenvalue weighted by Crippen LogP contribution is 2.31. The Morgan fingerprint density at radius 1 is 0.951 bits per heavy atom. The molecule has 0 bridgehead atoms. The van der Waals surface area contributed by atoms with Crippen molar-refractivity contribution in [1.29, 1.82) is 0 Å². The molecule has 3 aromatic carbocycles. The number of halogens is 4. The van der Waals surface area contributed by atoms with Crippen LogP contribution >= 0.6 is 11.6 Å². The number of amides is 1. The van der Waals surface area contributed by atoms with Crippen LogP contribution < -0.4 is 5.32 Å². The Morgan fingerprint density at radius 3 is 2.27 bits per heavy atom. The Labute approximate surface area is 239 Å². The average Bonchev–Trinajstić information content (AvgIpc) is 3.35. The second kappa shape index (κ2) is 11.6. The van der Waals surface area contributed by atoms with Crippen molar-refractivity contribution in [1.82, 2.24) is 19.8 Å². The lowest BCUT2D eigenvalue weighted by Crippen LogP contribution is -2.48. The number of sulfonamides is 1. The van der Waals surface area contributed by atoms with E-state index in [0.29, 0.717) is 41.1 Å². The maximum atomic E-state index is 13.7. The van der Waals surface area contributed by atoms with Crippen LogP contribution in [0.25, 0.3) is 22.8 Å². The van der Waals surface area contributed by atoms with Gasteiger partial charge in [0.25, 0.3) is 5.89 Å². The van der Waals surface area contributed by atoms with Crippen LogP contribution in [0.2, 0.25) is 5.02 Å². The molecule has 2 heterocycles. The zero-order chi connectivity index (χ0) is 29.2. The number of nitrogens with one attached hydrogen (secondary N) is 1. The summed E-state index contributed by atoms with van der Waals surface area (Å²) in [5, 5.41) is 7.06. The zero-order valence-corrected chi connectivity index (χ0v) is 23.0. The van der Waals surface area contributed by atoms with Crippen molar-refractivity contribution in [3.8, 4) is 22.8 Å². The summed E-state index contributed by atoms with van der Waals surface area (Å²) in [5.74, 6) is -0.0871. The van der Waals surface area contributed by atoms with Crippen LogP contribution in [-0.4, -0.2) is 41.4 Å². The van der Waals surface area contributed by atoms with Gasteiger partial charge in [-0.15, -0.1) is 0 Å². The van der Waals surface area contributed by atoms with Gasteiger partial charge in [-0.05, 0) is 73.4 Å². The van der Waals surface area contributed by atoms with Crippen LogP contribution in [0.15, 0.2) is 82.2 Å². The lowest BCUT2D eigenvalue weighted by Gasteiger charge is -2.29. The minimum atomic E-state index is -4.45. The molecular weight excluding hydrogens is 581 g/mol. The number of benzene rings is 3. The van der Waals surface area contributed by atoms with Crippen LogP contribution in [0.4, 0.5) is 13.2 Å². The van der Waals surface area contributed by atoms with Crippen molar-refractivity contribution in [2.75, 3.05) is 6.54 Å². The Hall–Kier alpha value is -3.74. The molecule has 1 amide bonds. The third-order valence-corrected chi connectivity index (χ3v) is 8.83. The maximum absolute atomic E-state index is 13.7. The Kier molecular flexibility index (Phi) is 8.16.